The molecule has 29 heavy (non-hydrogen) atoms. The second-order valence-electron chi connectivity index (χ2n) is 6.26. The number of nitrogens with zero attached hydrogens (tertiary/aromatic N) is 3. The van der Waals surface area contributed by atoms with Crippen LogP contribution in [0.1, 0.15) is 33.1 Å². The van der Waals surface area contributed by atoms with Crippen molar-refractivity contribution in [2.24, 2.45) is 0 Å². The Hall–Kier alpha value is -3.76. The first-order valence-corrected chi connectivity index (χ1v) is 9.71. The Morgan fingerprint density at radius 2 is 1.97 bits per heavy atom. The van der Waals surface area contributed by atoms with Gasteiger partial charge >= 0.3 is 0 Å². The number of aryl methyl sites for hydroxylation is 2. The van der Waals surface area contributed by atoms with Gasteiger partial charge in [0.25, 0.3) is 5.91 Å². The van der Waals surface area contributed by atoms with Crippen LogP contribution in [0, 0.1) is 25.7 Å². The predicted molar refractivity (Wildman–Crippen MR) is 112 cm³/mol. The molecule has 0 fully saturated rings. The van der Waals surface area contributed by atoms with Crippen molar-refractivity contribution in [3.8, 4) is 23.1 Å². The van der Waals surface area contributed by atoms with Crippen LogP contribution in [-0.2, 0) is 0 Å². The van der Waals surface area contributed by atoms with Gasteiger partial charge in [-0.25, -0.2) is 9.97 Å². The van der Waals surface area contributed by atoms with Gasteiger partial charge in [-0.3, -0.25) is 10.1 Å². The molecule has 0 aliphatic rings. The Morgan fingerprint density at radius 3 is 2.72 bits per heavy atom. The second kappa shape index (κ2) is 8.09. The minimum absolute atomic E-state index is 0.254. The van der Waals surface area contributed by atoms with Gasteiger partial charge in [0, 0.05) is 22.7 Å². The number of pyridine rings is 1. The quantitative estimate of drug-likeness (QED) is 0.514. The van der Waals surface area contributed by atoms with Gasteiger partial charge in [-0.2, -0.15) is 0 Å². The van der Waals surface area contributed by atoms with E-state index in [1.807, 2.05) is 49.6 Å². The molecule has 0 atom stereocenters. The number of rotatable bonds is 3. The summed E-state index contributed by atoms with van der Waals surface area (Å²) in [7, 11) is 0. The Kier molecular flexibility index (Phi) is 5.18. The maximum absolute atomic E-state index is 12.5. The predicted octanol–water partition coefficient (Wildman–Crippen LogP) is 4.46. The monoisotopic (exact) mass is 400 g/mol. The highest BCUT2D eigenvalue weighted by atomic mass is 32.1. The van der Waals surface area contributed by atoms with Gasteiger partial charge in [0.2, 0.25) is 0 Å². The summed E-state index contributed by atoms with van der Waals surface area (Å²) in [5.41, 5.74) is 4.11. The number of benzene rings is 1. The van der Waals surface area contributed by atoms with Crippen LogP contribution in [0.3, 0.4) is 0 Å². The van der Waals surface area contributed by atoms with Gasteiger partial charge in [-0.1, -0.05) is 41.4 Å². The van der Waals surface area contributed by atoms with E-state index < -0.39 is 0 Å². The Bertz CT molecular complexity index is 1230. The molecule has 6 nitrogen and oxygen atoms in total. The molecular formula is C22H16N4O2S. The molecule has 7 heteroatoms. The highest BCUT2D eigenvalue weighted by Crippen LogP contribution is 2.24. The van der Waals surface area contributed by atoms with Gasteiger partial charge in [-0.05, 0) is 31.9 Å². The van der Waals surface area contributed by atoms with E-state index in [4.69, 9.17) is 4.52 Å². The molecule has 0 saturated carbocycles. The number of thiazole rings is 1. The molecule has 0 radical (unpaired) electrons. The van der Waals surface area contributed by atoms with Crippen molar-refractivity contribution < 1.29 is 9.32 Å². The maximum atomic E-state index is 12.5. The van der Waals surface area contributed by atoms with Crippen molar-refractivity contribution in [3.05, 3.63) is 82.3 Å². The third-order valence-electron chi connectivity index (χ3n) is 4.09. The average molecular weight is 400 g/mol. The van der Waals surface area contributed by atoms with Crippen LogP contribution >= 0.6 is 11.3 Å². The normalized spacial score (nSPS) is 10.3. The number of carbonyl (C=O) groups excluding carboxylic acids is 1. The zero-order valence-corrected chi connectivity index (χ0v) is 16.6. The Balaban J connectivity index is 1.59. The number of aromatic nitrogens is 3. The minimum atomic E-state index is -0.254. The number of nitrogens with one attached hydrogen (secondary N) is 1. The van der Waals surface area contributed by atoms with Crippen LogP contribution in [0.5, 0.6) is 0 Å². The van der Waals surface area contributed by atoms with E-state index in [0.717, 1.165) is 11.3 Å². The number of hydrogen-bond donors (Lipinski definition) is 1. The van der Waals surface area contributed by atoms with Gasteiger partial charge in [0.05, 0.1) is 11.3 Å². The largest absolute Gasteiger partial charge is 0.360 e. The molecule has 4 rings (SSSR count). The molecule has 4 aromatic rings. The number of amides is 1. The summed E-state index contributed by atoms with van der Waals surface area (Å²) < 4.78 is 5.33. The summed E-state index contributed by atoms with van der Waals surface area (Å²) in [4.78, 5) is 20.9. The van der Waals surface area contributed by atoms with Crippen LogP contribution in [0.4, 0.5) is 5.13 Å². The summed E-state index contributed by atoms with van der Waals surface area (Å²) in [5.74, 6) is 6.47. The molecule has 3 aromatic heterocycles. The molecule has 0 bridgehead atoms. The molecule has 0 unspecified atom stereocenters. The fourth-order valence-corrected chi connectivity index (χ4v) is 3.34. The third-order valence-corrected chi connectivity index (χ3v) is 4.96. The van der Waals surface area contributed by atoms with Crippen molar-refractivity contribution in [3.63, 3.8) is 0 Å². The van der Waals surface area contributed by atoms with E-state index in [1.54, 1.807) is 18.3 Å². The molecule has 0 aliphatic carbocycles. The molecule has 3 heterocycles. The summed E-state index contributed by atoms with van der Waals surface area (Å²) in [5, 5.41) is 9.35. The fourth-order valence-electron chi connectivity index (χ4n) is 2.66. The first-order valence-electron chi connectivity index (χ1n) is 8.83. The van der Waals surface area contributed by atoms with Crippen LogP contribution in [0.15, 0.2) is 58.6 Å². The molecule has 0 saturated heterocycles. The number of hydrogen-bond acceptors (Lipinski definition) is 6. The van der Waals surface area contributed by atoms with E-state index in [1.165, 1.54) is 11.3 Å². The highest BCUT2D eigenvalue weighted by Gasteiger charge is 2.13. The Labute approximate surface area is 171 Å². The smallest absolute Gasteiger partial charge is 0.257 e. The van der Waals surface area contributed by atoms with Crippen LogP contribution in [0.2, 0.25) is 0 Å². The van der Waals surface area contributed by atoms with E-state index in [-0.39, 0.29) is 5.91 Å². The summed E-state index contributed by atoms with van der Waals surface area (Å²) in [6.45, 7) is 3.69. The summed E-state index contributed by atoms with van der Waals surface area (Å²) >= 11 is 1.38. The van der Waals surface area contributed by atoms with E-state index in [9.17, 15) is 4.79 Å². The lowest BCUT2D eigenvalue weighted by Gasteiger charge is -2.01. The molecule has 142 valence electrons. The number of anilines is 1. The topological polar surface area (TPSA) is 80.9 Å². The maximum Gasteiger partial charge on any atom is 0.257 e. The minimum Gasteiger partial charge on any atom is -0.360 e. The molecule has 1 aromatic carbocycles. The van der Waals surface area contributed by atoms with Crippen LogP contribution < -0.4 is 5.32 Å². The molecule has 0 spiro atoms. The van der Waals surface area contributed by atoms with Gasteiger partial charge in [0.15, 0.2) is 5.13 Å². The SMILES string of the molecule is Cc1csc(NC(=O)c2ccnc(C#Cc3c(-c4ccccc4)noc3C)c2)n1. The molecule has 0 aliphatic heterocycles. The zero-order valence-electron chi connectivity index (χ0n) is 15.8. The van der Waals surface area contributed by atoms with Crippen molar-refractivity contribution in [1.82, 2.24) is 15.1 Å². The zero-order chi connectivity index (χ0) is 20.2. The third kappa shape index (κ3) is 4.23. The van der Waals surface area contributed by atoms with Crippen molar-refractivity contribution >= 4 is 22.4 Å². The average Bonchev–Trinajstić information content (AvgIpc) is 3.32. The van der Waals surface area contributed by atoms with Crippen molar-refractivity contribution in [1.29, 1.82) is 0 Å². The lowest BCUT2D eigenvalue weighted by molar-refractivity contribution is 0.102. The Morgan fingerprint density at radius 1 is 1.14 bits per heavy atom. The van der Waals surface area contributed by atoms with Crippen molar-refractivity contribution in [2.45, 2.75) is 13.8 Å². The van der Waals surface area contributed by atoms with Crippen LogP contribution in [0.25, 0.3) is 11.3 Å². The summed E-state index contributed by atoms with van der Waals surface area (Å²) in [6.07, 6.45) is 1.56. The van der Waals surface area contributed by atoms with Gasteiger partial charge in [0.1, 0.15) is 17.1 Å². The number of carbonyl (C=O) groups is 1. The van der Waals surface area contributed by atoms with E-state index >= 15 is 0 Å². The van der Waals surface area contributed by atoms with E-state index in [0.29, 0.717) is 33.4 Å². The first kappa shape index (κ1) is 18.6. The lowest BCUT2D eigenvalue weighted by atomic mass is 10.1. The lowest BCUT2D eigenvalue weighted by Crippen LogP contribution is -2.12. The van der Waals surface area contributed by atoms with E-state index in [2.05, 4.69) is 32.3 Å². The van der Waals surface area contributed by atoms with Crippen molar-refractivity contribution in [2.75, 3.05) is 5.32 Å². The first-order chi connectivity index (χ1) is 14.1. The molecular weight excluding hydrogens is 384 g/mol. The fraction of sp³-hybridized carbons (Fsp3) is 0.0909. The standard InChI is InChI=1S/C22H16N4O2S/c1-14-13-29-22(24-14)25-21(27)17-10-11-23-18(12-17)8-9-19-15(2)28-26-20(19)16-6-4-3-5-7-16/h3-7,10-13H,1-2H3,(H,24,25,27). The molecule has 1 N–H and O–H groups in total. The second-order valence-corrected chi connectivity index (χ2v) is 7.11. The van der Waals surface area contributed by atoms with Gasteiger partial charge in [-0.15, -0.1) is 11.3 Å². The van der Waals surface area contributed by atoms with Crippen LogP contribution in [-0.4, -0.2) is 21.0 Å². The van der Waals surface area contributed by atoms with Gasteiger partial charge < -0.3 is 4.52 Å². The highest BCUT2D eigenvalue weighted by molar-refractivity contribution is 7.13. The molecule has 1 amide bonds. The summed E-state index contributed by atoms with van der Waals surface area (Å²) in [6, 6.07) is 13.0.